The van der Waals surface area contributed by atoms with E-state index in [2.05, 4.69) is 16.6 Å². The number of rotatable bonds is 3. The van der Waals surface area contributed by atoms with Crippen molar-refractivity contribution < 1.29 is 17.9 Å². The summed E-state index contributed by atoms with van der Waals surface area (Å²) < 4.78 is 40.7. The van der Waals surface area contributed by atoms with E-state index in [1.54, 1.807) is 0 Å². The minimum absolute atomic E-state index is 0.0628. The fourth-order valence-electron chi connectivity index (χ4n) is 2.09. The third-order valence-corrected chi connectivity index (χ3v) is 5.03. The lowest BCUT2D eigenvalue weighted by Gasteiger charge is -2.38. The van der Waals surface area contributed by atoms with Crippen molar-refractivity contribution in [1.82, 2.24) is 4.72 Å². The third kappa shape index (κ3) is 3.18. The molecule has 1 fully saturated rings. The van der Waals surface area contributed by atoms with Crippen LogP contribution in [0.4, 0.5) is 4.39 Å². The maximum atomic E-state index is 13.8. The van der Waals surface area contributed by atoms with Crippen LogP contribution in [0, 0.1) is 17.7 Å². The van der Waals surface area contributed by atoms with Crippen LogP contribution < -0.4 is 4.72 Å². The highest BCUT2D eigenvalue weighted by molar-refractivity contribution is 7.89. The van der Waals surface area contributed by atoms with E-state index < -0.39 is 21.4 Å². The summed E-state index contributed by atoms with van der Waals surface area (Å²) in [6, 6.07) is 3.57. The van der Waals surface area contributed by atoms with E-state index in [9.17, 15) is 12.8 Å². The van der Waals surface area contributed by atoms with Gasteiger partial charge in [-0.1, -0.05) is 11.8 Å². The van der Waals surface area contributed by atoms with E-state index in [1.165, 1.54) is 12.1 Å². The lowest BCUT2D eigenvalue weighted by atomic mass is 9.80. The summed E-state index contributed by atoms with van der Waals surface area (Å²) in [5, 5.41) is 8.56. The van der Waals surface area contributed by atoms with E-state index in [0.717, 1.165) is 25.3 Å². The molecule has 0 spiro atoms. The summed E-state index contributed by atoms with van der Waals surface area (Å²) in [7, 11) is -3.73. The Morgan fingerprint density at radius 1 is 1.45 bits per heavy atom. The summed E-state index contributed by atoms with van der Waals surface area (Å²) in [6.45, 7) is 1.46. The van der Waals surface area contributed by atoms with Crippen LogP contribution in [-0.4, -0.2) is 25.7 Å². The van der Waals surface area contributed by atoms with Crippen LogP contribution in [0.3, 0.4) is 0 Å². The lowest BCUT2D eigenvalue weighted by Crippen LogP contribution is -2.50. The van der Waals surface area contributed by atoms with E-state index >= 15 is 0 Å². The van der Waals surface area contributed by atoms with Crippen LogP contribution in [0.25, 0.3) is 0 Å². The molecule has 6 heteroatoms. The van der Waals surface area contributed by atoms with E-state index in [1.807, 2.05) is 6.92 Å². The summed E-state index contributed by atoms with van der Waals surface area (Å²) in [5.41, 5.74) is -0.363. The highest BCUT2D eigenvalue weighted by Crippen LogP contribution is 2.32. The first-order chi connectivity index (χ1) is 9.36. The minimum atomic E-state index is -3.73. The number of hydrogen-bond acceptors (Lipinski definition) is 3. The molecule has 4 nitrogen and oxygen atoms in total. The molecule has 1 saturated carbocycles. The predicted octanol–water partition coefficient (Wildman–Crippen LogP) is 1.39. The zero-order chi connectivity index (χ0) is 14.8. The average Bonchev–Trinajstić information content (AvgIpc) is 2.35. The molecule has 0 atom stereocenters. The van der Waals surface area contributed by atoms with Crippen LogP contribution in [-0.2, 0) is 10.0 Å². The standard InChI is InChI=1S/C14H16FNO3S/c1-14(7-3-8-14)16-20(18,19)12-6-5-11(4-2-9-17)13(15)10-12/h5-6,10,16-17H,3,7-9H2,1H3. The monoisotopic (exact) mass is 297 g/mol. The molecule has 108 valence electrons. The number of halogens is 1. The molecule has 0 unspecified atom stereocenters. The molecule has 0 aromatic heterocycles. The first kappa shape index (κ1) is 15.0. The van der Waals surface area contributed by atoms with E-state index in [-0.39, 0.29) is 17.1 Å². The van der Waals surface area contributed by atoms with Crippen LogP contribution in [0.5, 0.6) is 0 Å². The number of hydrogen-bond donors (Lipinski definition) is 2. The average molecular weight is 297 g/mol. The topological polar surface area (TPSA) is 66.4 Å². The van der Waals surface area contributed by atoms with Gasteiger partial charge in [0.05, 0.1) is 10.5 Å². The largest absolute Gasteiger partial charge is 0.384 e. The summed E-state index contributed by atoms with van der Waals surface area (Å²) >= 11 is 0. The molecular weight excluding hydrogens is 281 g/mol. The van der Waals surface area contributed by atoms with Crippen LogP contribution >= 0.6 is 0 Å². The third-order valence-electron chi connectivity index (χ3n) is 3.39. The molecule has 20 heavy (non-hydrogen) atoms. The molecule has 2 N–H and O–H groups in total. The van der Waals surface area contributed by atoms with Gasteiger partial charge in [-0.2, -0.15) is 0 Å². The minimum Gasteiger partial charge on any atom is -0.384 e. The van der Waals surface area contributed by atoms with Crippen molar-refractivity contribution in [1.29, 1.82) is 0 Å². The molecule has 2 rings (SSSR count). The Morgan fingerprint density at radius 2 is 2.15 bits per heavy atom. The fourth-order valence-corrected chi connectivity index (χ4v) is 3.57. The van der Waals surface area contributed by atoms with Gasteiger partial charge in [0.15, 0.2) is 0 Å². The molecule has 1 aliphatic carbocycles. The summed E-state index contributed by atoms with van der Waals surface area (Å²) in [5.74, 6) is 4.03. The molecular formula is C14H16FNO3S. The molecule has 0 aliphatic heterocycles. The maximum absolute atomic E-state index is 13.8. The molecule has 1 aromatic rings. The van der Waals surface area contributed by atoms with Crippen LogP contribution in [0.1, 0.15) is 31.7 Å². The first-order valence-electron chi connectivity index (χ1n) is 6.30. The number of sulfonamides is 1. The van der Waals surface area contributed by atoms with Gasteiger partial charge in [0.25, 0.3) is 0 Å². The molecule has 0 amide bonds. The highest BCUT2D eigenvalue weighted by atomic mass is 32.2. The Hall–Kier alpha value is -1.42. The van der Waals surface area contributed by atoms with Gasteiger partial charge in [0, 0.05) is 5.54 Å². The van der Waals surface area contributed by atoms with Gasteiger partial charge in [0.1, 0.15) is 12.4 Å². The second kappa shape index (κ2) is 5.52. The van der Waals surface area contributed by atoms with Crippen molar-refractivity contribution in [2.24, 2.45) is 0 Å². The van der Waals surface area contributed by atoms with E-state index in [0.29, 0.717) is 0 Å². The van der Waals surface area contributed by atoms with Gasteiger partial charge in [0.2, 0.25) is 10.0 Å². The Morgan fingerprint density at radius 3 is 2.65 bits per heavy atom. The van der Waals surface area contributed by atoms with E-state index in [4.69, 9.17) is 5.11 Å². The van der Waals surface area contributed by atoms with Crippen molar-refractivity contribution in [3.8, 4) is 11.8 Å². The van der Waals surface area contributed by atoms with Crippen LogP contribution in [0.2, 0.25) is 0 Å². The van der Waals surface area contributed by atoms with Crippen molar-refractivity contribution in [3.05, 3.63) is 29.6 Å². The van der Waals surface area contributed by atoms with Gasteiger partial charge < -0.3 is 5.11 Å². The van der Waals surface area contributed by atoms with Gasteiger partial charge in [-0.3, -0.25) is 0 Å². The van der Waals surface area contributed by atoms with Gasteiger partial charge >= 0.3 is 0 Å². The number of aliphatic hydroxyl groups is 1. The second-order valence-corrected chi connectivity index (χ2v) is 6.80. The molecule has 1 aliphatic rings. The smallest absolute Gasteiger partial charge is 0.241 e. The lowest BCUT2D eigenvalue weighted by molar-refractivity contribution is 0.248. The van der Waals surface area contributed by atoms with Crippen molar-refractivity contribution in [2.45, 2.75) is 36.6 Å². The normalized spacial score (nSPS) is 16.9. The molecule has 0 radical (unpaired) electrons. The Labute approximate surface area is 118 Å². The first-order valence-corrected chi connectivity index (χ1v) is 7.78. The zero-order valence-corrected chi connectivity index (χ0v) is 11.9. The van der Waals surface area contributed by atoms with Crippen LogP contribution in [0.15, 0.2) is 23.1 Å². The Kier molecular flexibility index (Phi) is 4.14. The summed E-state index contributed by atoms with van der Waals surface area (Å²) in [6.07, 6.45) is 2.56. The maximum Gasteiger partial charge on any atom is 0.241 e. The SMILES string of the molecule is CC1(NS(=O)(=O)c2ccc(C#CCO)c(F)c2)CCC1. The van der Waals surface area contributed by atoms with Crippen molar-refractivity contribution in [2.75, 3.05) is 6.61 Å². The fraction of sp³-hybridized carbons (Fsp3) is 0.429. The predicted molar refractivity (Wildman–Crippen MR) is 72.9 cm³/mol. The van der Waals surface area contributed by atoms with Crippen molar-refractivity contribution in [3.63, 3.8) is 0 Å². The number of benzene rings is 1. The van der Waals surface area contributed by atoms with Gasteiger partial charge in [-0.25, -0.2) is 17.5 Å². The number of aliphatic hydroxyl groups excluding tert-OH is 1. The van der Waals surface area contributed by atoms with Gasteiger partial charge in [-0.05, 0) is 44.4 Å². The zero-order valence-electron chi connectivity index (χ0n) is 11.1. The summed E-state index contributed by atoms with van der Waals surface area (Å²) in [4.78, 5) is -0.113. The van der Waals surface area contributed by atoms with Crippen molar-refractivity contribution >= 4 is 10.0 Å². The Balaban J connectivity index is 2.26. The second-order valence-electron chi connectivity index (χ2n) is 5.12. The number of nitrogens with one attached hydrogen (secondary N) is 1. The molecule has 0 bridgehead atoms. The molecule has 0 heterocycles. The Bertz CT molecular complexity index is 669. The van der Waals surface area contributed by atoms with Gasteiger partial charge in [-0.15, -0.1) is 0 Å². The molecule has 1 aromatic carbocycles. The quantitative estimate of drug-likeness (QED) is 0.829. The molecule has 0 saturated heterocycles. The highest BCUT2D eigenvalue weighted by Gasteiger charge is 2.36.